The number of aromatic nitrogens is 1. The first kappa shape index (κ1) is 16.0. The highest BCUT2D eigenvalue weighted by atomic mass is 32.2. The second kappa shape index (κ2) is 5.77. The quantitative estimate of drug-likeness (QED) is 0.517. The van der Waals surface area contributed by atoms with Crippen molar-refractivity contribution in [2.24, 2.45) is 0 Å². The molecule has 0 spiro atoms. The van der Waals surface area contributed by atoms with Gasteiger partial charge in [0.25, 0.3) is 0 Å². The first-order valence-electron chi connectivity index (χ1n) is 8.14. The van der Waals surface area contributed by atoms with Crippen LogP contribution in [0.1, 0.15) is 30.1 Å². The van der Waals surface area contributed by atoms with E-state index in [0.717, 1.165) is 10.9 Å². The molecule has 1 aliphatic carbocycles. The summed E-state index contributed by atoms with van der Waals surface area (Å²) < 4.78 is 36.3. The monoisotopic (exact) mass is 359 g/mol. The molecule has 0 N–H and O–H groups in total. The van der Waals surface area contributed by atoms with Gasteiger partial charge in [-0.15, -0.1) is 0 Å². The predicted octanol–water partition coefficient (Wildman–Crippen LogP) is 3.14. The lowest BCUT2D eigenvalue weighted by molar-refractivity contribution is 0.0531. The number of para-hydroxylation sites is 1. The van der Waals surface area contributed by atoms with Crippen LogP contribution in [0.5, 0.6) is 5.75 Å². The number of rotatable bonds is 5. The lowest BCUT2D eigenvalue weighted by Crippen LogP contribution is -2.14. The Balaban J connectivity index is 1.87. The first-order chi connectivity index (χ1) is 12.0. The summed E-state index contributed by atoms with van der Waals surface area (Å²) in [6.07, 6.45) is 2.88. The number of ether oxygens (including phenoxy) is 1. The highest BCUT2D eigenvalue weighted by Gasteiger charge is 2.37. The molecule has 1 aromatic carbocycles. The Kier molecular flexibility index (Phi) is 3.68. The molecule has 3 aromatic rings. The minimum atomic E-state index is -3.59. The second-order valence-electron chi connectivity index (χ2n) is 6.01. The number of carbonyl (C=O) groups is 1. The number of benzene rings is 1. The Morgan fingerprint density at radius 2 is 1.92 bits per heavy atom. The Bertz CT molecular complexity index is 1080. The fraction of sp³-hybridized carbons (Fsp3) is 0.278. The van der Waals surface area contributed by atoms with Gasteiger partial charge in [0.15, 0.2) is 5.75 Å². The summed E-state index contributed by atoms with van der Waals surface area (Å²) in [4.78, 5) is 12.4. The summed E-state index contributed by atoms with van der Waals surface area (Å²) in [7, 11) is -3.59. The molecule has 130 valence electrons. The van der Waals surface area contributed by atoms with E-state index in [-0.39, 0.29) is 12.4 Å². The van der Waals surface area contributed by atoms with Gasteiger partial charge in [-0.05, 0) is 38.0 Å². The first-order valence-corrected chi connectivity index (χ1v) is 9.61. The van der Waals surface area contributed by atoms with E-state index in [1.54, 1.807) is 29.7 Å². The summed E-state index contributed by atoms with van der Waals surface area (Å²) in [5.74, 6) is -0.170. The van der Waals surface area contributed by atoms with Crippen molar-refractivity contribution in [1.29, 1.82) is 0 Å². The van der Waals surface area contributed by atoms with Crippen molar-refractivity contribution in [3.05, 3.63) is 48.2 Å². The Hall–Kier alpha value is -2.54. The largest absolute Gasteiger partial charge is 0.462 e. The van der Waals surface area contributed by atoms with Crippen LogP contribution in [0.3, 0.4) is 0 Å². The third kappa shape index (κ3) is 2.74. The molecule has 2 aromatic heterocycles. The van der Waals surface area contributed by atoms with Crippen molar-refractivity contribution < 1.29 is 22.1 Å². The standard InChI is InChI=1S/C18H17NO5S/c1-2-23-18(20)17-14-5-3-4-6-15(14)19-11-12(7-10-16(17)19)24-25(21,22)13-8-9-13/h3-7,10-11,13H,2,8-9H2,1H3. The zero-order chi connectivity index (χ0) is 17.6. The maximum atomic E-state index is 12.4. The van der Waals surface area contributed by atoms with Gasteiger partial charge in [-0.25, -0.2) is 4.79 Å². The number of pyridine rings is 1. The minimum Gasteiger partial charge on any atom is -0.462 e. The van der Waals surface area contributed by atoms with E-state index in [0.29, 0.717) is 23.9 Å². The van der Waals surface area contributed by atoms with Gasteiger partial charge >= 0.3 is 16.1 Å². The van der Waals surface area contributed by atoms with Crippen molar-refractivity contribution in [1.82, 2.24) is 4.40 Å². The molecule has 6 nitrogen and oxygen atoms in total. The number of hydrogen-bond donors (Lipinski definition) is 0. The topological polar surface area (TPSA) is 74.1 Å². The molecule has 25 heavy (non-hydrogen) atoms. The lowest BCUT2D eigenvalue weighted by Gasteiger charge is -2.07. The van der Waals surface area contributed by atoms with Crippen LogP contribution in [-0.4, -0.2) is 30.6 Å². The molecule has 0 radical (unpaired) electrons. The number of hydrogen-bond acceptors (Lipinski definition) is 5. The van der Waals surface area contributed by atoms with Gasteiger partial charge < -0.3 is 13.3 Å². The van der Waals surface area contributed by atoms with Gasteiger partial charge in [0.2, 0.25) is 0 Å². The Labute approximate surface area is 145 Å². The van der Waals surface area contributed by atoms with Crippen molar-refractivity contribution in [2.45, 2.75) is 25.0 Å². The van der Waals surface area contributed by atoms with Gasteiger partial charge in [-0.3, -0.25) is 0 Å². The zero-order valence-electron chi connectivity index (χ0n) is 13.6. The molecule has 0 amide bonds. The predicted molar refractivity (Wildman–Crippen MR) is 93.4 cm³/mol. The molecule has 0 bridgehead atoms. The second-order valence-corrected chi connectivity index (χ2v) is 7.83. The third-order valence-corrected chi connectivity index (χ3v) is 5.95. The normalized spacial score (nSPS) is 14.8. The van der Waals surface area contributed by atoms with Crippen LogP contribution in [0.25, 0.3) is 16.4 Å². The van der Waals surface area contributed by atoms with Gasteiger partial charge in [0, 0.05) is 5.39 Å². The average molecular weight is 359 g/mol. The van der Waals surface area contributed by atoms with Crippen LogP contribution in [-0.2, 0) is 14.9 Å². The van der Waals surface area contributed by atoms with E-state index < -0.39 is 21.3 Å². The van der Waals surface area contributed by atoms with E-state index >= 15 is 0 Å². The average Bonchev–Trinajstić information content (AvgIpc) is 3.38. The van der Waals surface area contributed by atoms with Crippen LogP contribution in [0.15, 0.2) is 42.6 Å². The summed E-state index contributed by atoms with van der Waals surface area (Å²) in [6, 6.07) is 10.7. The zero-order valence-corrected chi connectivity index (χ0v) is 14.5. The SMILES string of the molecule is CCOC(=O)c1c2ccccc2n2cc(OS(=O)(=O)C3CC3)ccc12. The minimum absolute atomic E-state index is 0.232. The number of nitrogens with zero attached hydrogens (tertiary/aromatic N) is 1. The van der Waals surface area contributed by atoms with Crippen molar-refractivity contribution in [3.63, 3.8) is 0 Å². The van der Waals surface area contributed by atoms with Crippen LogP contribution in [0, 0.1) is 0 Å². The highest BCUT2D eigenvalue weighted by molar-refractivity contribution is 7.88. The smallest absolute Gasteiger partial charge is 0.340 e. The maximum Gasteiger partial charge on any atom is 0.340 e. The summed E-state index contributed by atoms with van der Waals surface area (Å²) in [6.45, 7) is 2.04. The molecule has 1 aliphatic rings. The van der Waals surface area contributed by atoms with Crippen LogP contribution in [0.2, 0.25) is 0 Å². The van der Waals surface area contributed by atoms with E-state index in [2.05, 4.69) is 0 Å². The molecule has 2 heterocycles. The van der Waals surface area contributed by atoms with Gasteiger partial charge in [-0.1, -0.05) is 18.2 Å². The van der Waals surface area contributed by atoms with Crippen LogP contribution < -0.4 is 4.18 Å². The fourth-order valence-corrected chi connectivity index (χ4v) is 4.16. The molecule has 0 unspecified atom stereocenters. The molecule has 0 atom stereocenters. The number of esters is 1. The third-order valence-electron chi connectivity index (χ3n) is 4.23. The molecule has 4 rings (SSSR count). The summed E-state index contributed by atoms with van der Waals surface area (Å²) in [5, 5.41) is 0.350. The maximum absolute atomic E-state index is 12.4. The molecule has 0 aliphatic heterocycles. The van der Waals surface area contributed by atoms with E-state index in [1.165, 1.54) is 0 Å². The Morgan fingerprint density at radius 1 is 1.16 bits per heavy atom. The number of fused-ring (bicyclic) bond motifs is 3. The fourth-order valence-electron chi connectivity index (χ4n) is 2.94. The molecular formula is C18H17NO5S. The van der Waals surface area contributed by atoms with Crippen molar-refractivity contribution in [3.8, 4) is 5.75 Å². The number of carbonyl (C=O) groups excluding carboxylic acids is 1. The van der Waals surface area contributed by atoms with E-state index in [9.17, 15) is 13.2 Å². The summed E-state index contributed by atoms with van der Waals surface area (Å²) in [5.41, 5.74) is 1.90. The molecule has 7 heteroatoms. The molecular weight excluding hydrogens is 342 g/mol. The lowest BCUT2D eigenvalue weighted by atomic mass is 10.1. The van der Waals surface area contributed by atoms with Crippen LogP contribution in [0.4, 0.5) is 0 Å². The highest BCUT2D eigenvalue weighted by Crippen LogP contribution is 2.33. The van der Waals surface area contributed by atoms with E-state index in [4.69, 9.17) is 8.92 Å². The van der Waals surface area contributed by atoms with Crippen molar-refractivity contribution in [2.75, 3.05) is 6.61 Å². The molecule has 1 fully saturated rings. The summed E-state index contributed by atoms with van der Waals surface area (Å²) >= 11 is 0. The van der Waals surface area contributed by atoms with Crippen LogP contribution >= 0.6 is 0 Å². The van der Waals surface area contributed by atoms with Gasteiger partial charge in [0.1, 0.15) is 0 Å². The van der Waals surface area contributed by atoms with E-state index in [1.807, 2.05) is 24.3 Å². The molecule has 0 saturated heterocycles. The van der Waals surface area contributed by atoms with Gasteiger partial charge in [0.05, 0.1) is 34.7 Å². The molecule has 1 saturated carbocycles. The van der Waals surface area contributed by atoms with Crippen molar-refractivity contribution >= 4 is 32.5 Å². The van der Waals surface area contributed by atoms with Gasteiger partial charge in [-0.2, -0.15) is 8.42 Å². The Morgan fingerprint density at radius 3 is 2.64 bits per heavy atom.